The number of thioether (sulfide) groups is 1. The molecule has 0 aromatic heterocycles. The van der Waals surface area contributed by atoms with Gasteiger partial charge in [-0.2, -0.15) is 11.8 Å². The molecule has 0 aliphatic carbocycles. The molecule has 11 heavy (non-hydrogen) atoms. The number of hydrogen-bond acceptors (Lipinski definition) is 4. The summed E-state index contributed by atoms with van der Waals surface area (Å²) in [5.41, 5.74) is -0.644. The zero-order valence-corrected chi connectivity index (χ0v) is 7.17. The zero-order valence-electron chi connectivity index (χ0n) is 6.36. The smallest absolute Gasteiger partial charge is 0.140 e. The van der Waals surface area contributed by atoms with Crippen molar-refractivity contribution in [3.05, 3.63) is 0 Å². The first kappa shape index (κ1) is 7.92. The minimum absolute atomic E-state index is 0.0675. The van der Waals surface area contributed by atoms with E-state index in [1.54, 1.807) is 11.8 Å². The Morgan fingerprint density at radius 1 is 1.73 bits per heavy atom. The van der Waals surface area contributed by atoms with E-state index in [9.17, 15) is 5.11 Å². The molecule has 2 unspecified atom stereocenters. The van der Waals surface area contributed by atoms with E-state index < -0.39 is 11.7 Å². The van der Waals surface area contributed by atoms with Crippen LogP contribution in [0.5, 0.6) is 0 Å². The Balaban J connectivity index is 2.24. The van der Waals surface area contributed by atoms with Crippen LogP contribution >= 0.6 is 11.8 Å². The molecule has 2 aliphatic heterocycles. The van der Waals surface area contributed by atoms with E-state index in [0.29, 0.717) is 0 Å². The van der Waals surface area contributed by atoms with Crippen LogP contribution in [0, 0.1) is 0 Å². The van der Waals surface area contributed by atoms with Gasteiger partial charge in [0.1, 0.15) is 13.4 Å². The lowest BCUT2D eigenvalue weighted by Crippen LogP contribution is -2.43. The third-order valence-corrected chi connectivity index (χ3v) is 4.20. The molecule has 2 fully saturated rings. The summed E-state index contributed by atoms with van der Waals surface area (Å²) in [6.45, 7) is -0.0675. The highest BCUT2D eigenvalue weighted by atomic mass is 32.2. The van der Waals surface area contributed by atoms with Gasteiger partial charge < -0.3 is 14.9 Å². The first-order valence-electron chi connectivity index (χ1n) is 3.78. The monoisotopic (exact) mass is 174 g/mol. The van der Waals surface area contributed by atoms with Gasteiger partial charge in [-0.15, -0.1) is 0 Å². The average Bonchev–Trinajstić information content (AvgIpc) is 2.42. The Morgan fingerprint density at radius 2 is 2.45 bits per heavy atom. The molecule has 2 heterocycles. The summed E-state index contributed by atoms with van der Waals surface area (Å²) >= 11 is 1.70. The van der Waals surface area contributed by atoms with Crippen molar-refractivity contribution in [1.29, 1.82) is 0 Å². The maximum Gasteiger partial charge on any atom is 0.140 e. The fraction of sp³-hybridized carbons (Fsp3) is 1.00. The molecule has 2 rings (SSSR count). The second-order valence-electron chi connectivity index (χ2n) is 3.27. The number of aliphatic hydroxyl groups is 2. The number of rotatable bonds is 1. The van der Waals surface area contributed by atoms with Crippen molar-refractivity contribution in [1.82, 2.24) is 0 Å². The second kappa shape index (κ2) is 2.39. The first-order chi connectivity index (χ1) is 5.19. The van der Waals surface area contributed by atoms with Crippen LogP contribution in [0.1, 0.15) is 0 Å². The second-order valence-corrected chi connectivity index (χ2v) is 4.43. The van der Waals surface area contributed by atoms with Crippen molar-refractivity contribution in [2.24, 2.45) is 0 Å². The van der Waals surface area contributed by atoms with E-state index in [1.807, 2.05) is 7.85 Å². The molecule has 62 valence electrons. The van der Waals surface area contributed by atoms with Gasteiger partial charge in [0.15, 0.2) is 0 Å². The highest BCUT2D eigenvalue weighted by molar-refractivity contribution is 8.00. The molecule has 0 radical (unpaired) electrons. The molecule has 4 atom stereocenters. The van der Waals surface area contributed by atoms with Crippen LogP contribution in [0.4, 0.5) is 0 Å². The number of ether oxygens (including phenoxy) is 1. The molecular formula is C6H11BO3S. The summed E-state index contributed by atoms with van der Waals surface area (Å²) in [6.07, 6.45) is -0.479. The van der Waals surface area contributed by atoms with Crippen LogP contribution in [-0.2, 0) is 4.74 Å². The maximum absolute atomic E-state index is 9.64. The van der Waals surface area contributed by atoms with E-state index in [4.69, 9.17) is 9.84 Å². The highest BCUT2D eigenvalue weighted by Crippen LogP contribution is 2.46. The Labute approximate surface area is 70.5 Å². The van der Waals surface area contributed by atoms with Gasteiger partial charge in [-0.3, -0.25) is 0 Å². The Morgan fingerprint density at radius 3 is 2.73 bits per heavy atom. The lowest BCUT2D eigenvalue weighted by atomic mass is 9.93. The van der Waals surface area contributed by atoms with E-state index in [-0.39, 0.29) is 17.9 Å². The molecule has 2 saturated heterocycles. The predicted molar refractivity (Wildman–Crippen MR) is 45.5 cm³/mol. The Bertz CT molecular complexity index is 179. The van der Waals surface area contributed by atoms with Gasteiger partial charge in [0, 0.05) is 11.8 Å². The summed E-state index contributed by atoms with van der Waals surface area (Å²) < 4.78 is 5.49. The summed E-state index contributed by atoms with van der Waals surface area (Å²) in [5, 5.41) is 18.8. The summed E-state index contributed by atoms with van der Waals surface area (Å²) in [7, 11) is 1.94. The average molecular weight is 174 g/mol. The third-order valence-electron chi connectivity index (χ3n) is 2.52. The standard InChI is InChI=1S/C6H11BO3S/c7-5-3-4(9)6(1-8,10-5)2-11-3/h3-5,8-9H,1-2,7H2/t3?,4?,5-,6+/m1/s1. The van der Waals surface area contributed by atoms with Gasteiger partial charge in [-0.1, -0.05) is 0 Å². The zero-order chi connectivity index (χ0) is 8.06. The van der Waals surface area contributed by atoms with Gasteiger partial charge in [0.2, 0.25) is 0 Å². The molecule has 0 spiro atoms. The van der Waals surface area contributed by atoms with Gasteiger partial charge >= 0.3 is 0 Å². The van der Waals surface area contributed by atoms with Crippen LogP contribution in [0.2, 0.25) is 0 Å². The van der Waals surface area contributed by atoms with E-state index in [1.165, 1.54) is 0 Å². The lowest BCUT2D eigenvalue weighted by Gasteiger charge is -2.27. The van der Waals surface area contributed by atoms with Gasteiger partial charge in [-0.05, 0) is 0 Å². The van der Waals surface area contributed by atoms with Crippen molar-refractivity contribution in [3.63, 3.8) is 0 Å². The molecule has 0 saturated carbocycles. The quantitative estimate of drug-likeness (QED) is 0.460. The molecule has 2 aliphatic rings. The molecule has 0 amide bonds. The predicted octanol–water partition coefficient (Wildman–Crippen LogP) is -1.82. The van der Waals surface area contributed by atoms with E-state index in [2.05, 4.69) is 0 Å². The Kier molecular flexibility index (Phi) is 1.72. The number of hydrogen-bond donors (Lipinski definition) is 2. The molecule has 0 aromatic rings. The minimum atomic E-state index is -0.644. The SMILES string of the molecule is B[C@@H]1O[C@@]2(CO)CSC1C2O. The summed E-state index contributed by atoms with van der Waals surface area (Å²) in [6, 6.07) is 0.0795. The van der Waals surface area contributed by atoms with Crippen LogP contribution in [0.3, 0.4) is 0 Å². The lowest BCUT2D eigenvalue weighted by molar-refractivity contribution is -0.0789. The topological polar surface area (TPSA) is 49.7 Å². The molecule has 2 N–H and O–H groups in total. The highest BCUT2D eigenvalue weighted by Gasteiger charge is 2.58. The van der Waals surface area contributed by atoms with Crippen LogP contribution in [0.25, 0.3) is 0 Å². The normalized spacial score (nSPS) is 55.3. The number of fused-ring (bicyclic) bond motifs is 2. The summed E-state index contributed by atoms with van der Waals surface area (Å²) in [5.74, 6) is 0.722. The molecule has 0 aromatic carbocycles. The first-order valence-corrected chi connectivity index (χ1v) is 4.83. The summed E-state index contributed by atoms with van der Waals surface area (Å²) in [4.78, 5) is 0. The molecule has 3 nitrogen and oxygen atoms in total. The molecule has 2 bridgehead atoms. The third kappa shape index (κ3) is 0.885. The van der Waals surface area contributed by atoms with Gasteiger partial charge in [-0.25, -0.2) is 0 Å². The maximum atomic E-state index is 9.64. The van der Waals surface area contributed by atoms with Crippen LogP contribution in [0.15, 0.2) is 0 Å². The van der Waals surface area contributed by atoms with Crippen LogP contribution < -0.4 is 0 Å². The Hall–Kier alpha value is 0.295. The fourth-order valence-corrected chi connectivity index (χ4v) is 3.38. The molecule has 5 heteroatoms. The fourth-order valence-electron chi connectivity index (χ4n) is 1.82. The molecular weight excluding hydrogens is 163 g/mol. The van der Waals surface area contributed by atoms with Gasteiger partial charge in [0.05, 0.1) is 18.0 Å². The van der Waals surface area contributed by atoms with Crippen molar-refractivity contribution in [3.8, 4) is 0 Å². The van der Waals surface area contributed by atoms with Crippen molar-refractivity contribution >= 4 is 19.6 Å². The largest absolute Gasteiger partial charge is 0.393 e. The minimum Gasteiger partial charge on any atom is -0.393 e. The van der Waals surface area contributed by atoms with Crippen molar-refractivity contribution in [2.75, 3.05) is 12.4 Å². The van der Waals surface area contributed by atoms with E-state index in [0.717, 1.165) is 5.75 Å². The van der Waals surface area contributed by atoms with Gasteiger partial charge in [0.25, 0.3) is 0 Å². The number of aliphatic hydroxyl groups excluding tert-OH is 2. The van der Waals surface area contributed by atoms with Crippen molar-refractivity contribution < 1.29 is 14.9 Å². The van der Waals surface area contributed by atoms with Crippen molar-refractivity contribution in [2.45, 2.75) is 23.0 Å². The van der Waals surface area contributed by atoms with Crippen LogP contribution in [-0.4, -0.2) is 53.4 Å². The van der Waals surface area contributed by atoms with E-state index >= 15 is 0 Å².